The van der Waals surface area contributed by atoms with Crippen LogP contribution in [0.3, 0.4) is 0 Å². The van der Waals surface area contributed by atoms with E-state index in [4.69, 9.17) is 0 Å². The molecular weight excluding hydrogens is 397 g/mol. The lowest BCUT2D eigenvalue weighted by Crippen LogP contribution is -2.28. The number of amides is 1. The van der Waals surface area contributed by atoms with Gasteiger partial charge in [0, 0.05) is 30.7 Å². The van der Waals surface area contributed by atoms with Crippen molar-refractivity contribution >= 4 is 17.2 Å². The van der Waals surface area contributed by atoms with Crippen LogP contribution in [0.2, 0.25) is 0 Å². The number of thiazole rings is 1. The molecule has 3 rings (SSSR count). The van der Waals surface area contributed by atoms with Crippen molar-refractivity contribution in [2.75, 3.05) is 6.54 Å². The van der Waals surface area contributed by atoms with Crippen molar-refractivity contribution in [2.24, 2.45) is 7.05 Å². The number of alkyl halides is 3. The Bertz CT molecular complexity index is 953. The number of benzene rings is 1. The van der Waals surface area contributed by atoms with Crippen LogP contribution in [0.1, 0.15) is 22.2 Å². The van der Waals surface area contributed by atoms with Crippen LogP contribution in [0.4, 0.5) is 13.2 Å². The van der Waals surface area contributed by atoms with Crippen molar-refractivity contribution in [3.63, 3.8) is 0 Å². The zero-order valence-corrected chi connectivity index (χ0v) is 15.3. The van der Waals surface area contributed by atoms with E-state index in [2.05, 4.69) is 20.1 Å². The average Bonchev–Trinajstić information content (AvgIpc) is 3.27. The molecule has 0 radical (unpaired) electrons. The number of aliphatic hydroxyl groups is 1. The summed E-state index contributed by atoms with van der Waals surface area (Å²) < 4.78 is 41.9. The molecule has 0 aliphatic carbocycles. The van der Waals surface area contributed by atoms with E-state index < -0.39 is 24.1 Å². The minimum absolute atomic E-state index is 0.127. The number of hydrogen-bond acceptors (Lipinski definition) is 6. The lowest BCUT2D eigenvalue weighted by atomic mass is 10.1. The Balaban J connectivity index is 1.56. The molecule has 148 valence electrons. The van der Waals surface area contributed by atoms with Gasteiger partial charge in [-0.15, -0.1) is 24.5 Å². The van der Waals surface area contributed by atoms with Gasteiger partial charge in [-0.1, -0.05) is 12.1 Å². The van der Waals surface area contributed by atoms with E-state index >= 15 is 0 Å². The van der Waals surface area contributed by atoms with Gasteiger partial charge in [0.1, 0.15) is 16.5 Å². The number of nitrogens with zero attached hydrogens (tertiary/aromatic N) is 3. The molecule has 0 saturated heterocycles. The third kappa shape index (κ3) is 5.08. The number of carbonyl (C=O) groups is 1. The van der Waals surface area contributed by atoms with Crippen molar-refractivity contribution in [1.82, 2.24) is 20.1 Å². The van der Waals surface area contributed by atoms with E-state index in [-0.39, 0.29) is 12.2 Å². The Kier molecular flexibility index (Phi) is 5.66. The van der Waals surface area contributed by atoms with Gasteiger partial charge in [0.2, 0.25) is 0 Å². The maximum Gasteiger partial charge on any atom is 0.573 e. The van der Waals surface area contributed by atoms with Crippen molar-refractivity contribution in [2.45, 2.75) is 12.5 Å². The summed E-state index contributed by atoms with van der Waals surface area (Å²) in [5.41, 5.74) is 1.32. The van der Waals surface area contributed by atoms with Crippen LogP contribution in [0, 0.1) is 0 Å². The molecule has 0 bridgehead atoms. The van der Waals surface area contributed by atoms with Gasteiger partial charge in [-0.3, -0.25) is 9.48 Å². The summed E-state index contributed by atoms with van der Waals surface area (Å²) in [6.07, 6.45) is -2.47. The maximum atomic E-state index is 12.2. The number of hydrogen-bond donors (Lipinski definition) is 2. The van der Waals surface area contributed by atoms with Crippen molar-refractivity contribution < 1.29 is 27.8 Å². The number of halogens is 3. The molecule has 2 N–H and O–H groups in total. The summed E-state index contributed by atoms with van der Waals surface area (Å²) in [6.45, 7) is -0.127. The molecule has 1 amide bonds. The minimum atomic E-state index is -4.78. The first-order valence-corrected chi connectivity index (χ1v) is 8.86. The lowest BCUT2D eigenvalue weighted by Gasteiger charge is -2.13. The summed E-state index contributed by atoms with van der Waals surface area (Å²) in [5, 5.41) is 18.9. The Morgan fingerprint density at radius 1 is 1.36 bits per heavy atom. The molecule has 28 heavy (non-hydrogen) atoms. The number of aromatic nitrogens is 3. The van der Waals surface area contributed by atoms with Crippen LogP contribution in [-0.2, 0) is 7.05 Å². The molecule has 1 aromatic carbocycles. The molecule has 2 heterocycles. The van der Waals surface area contributed by atoms with Crippen LogP contribution < -0.4 is 10.1 Å². The van der Waals surface area contributed by atoms with E-state index in [1.165, 1.54) is 23.5 Å². The highest BCUT2D eigenvalue weighted by Gasteiger charge is 2.31. The highest BCUT2D eigenvalue weighted by atomic mass is 32.1. The molecule has 7 nitrogen and oxygen atoms in total. The molecule has 0 aliphatic rings. The van der Waals surface area contributed by atoms with E-state index in [0.717, 1.165) is 17.7 Å². The fraction of sp³-hybridized carbons (Fsp3) is 0.235. The van der Waals surface area contributed by atoms with Crippen LogP contribution in [0.25, 0.3) is 10.6 Å². The highest BCUT2D eigenvalue weighted by molar-refractivity contribution is 7.13. The summed E-state index contributed by atoms with van der Waals surface area (Å²) in [6, 6.07) is 4.77. The minimum Gasteiger partial charge on any atom is -0.406 e. The molecule has 1 atom stereocenters. The zero-order chi connectivity index (χ0) is 20.3. The van der Waals surface area contributed by atoms with Gasteiger partial charge in [0.05, 0.1) is 12.3 Å². The van der Waals surface area contributed by atoms with Gasteiger partial charge in [0.15, 0.2) is 0 Å². The van der Waals surface area contributed by atoms with E-state index in [1.54, 1.807) is 29.5 Å². The Labute approximate surface area is 161 Å². The van der Waals surface area contributed by atoms with Gasteiger partial charge < -0.3 is 15.2 Å². The van der Waals surface area contributed by atoms with Crippen LogP contribution in [-0.4, -0.2) is 38.7 Å². The number of aryl methyl sites for hydroxylation is 1. The second kappa shape index (κ2) is 7.98. The normalized spacial score (nSPS) is 12.6. The molecule has 0 fully saturated rings. The van der Waals surface area contributed by atoms with E-state index in [0.29, 0.717) is 10.6 Å². The molecule has 11 heteroatoms. The summed E-state index contributed by atoms with van der Waals surface area (Å²) >= 11 is 1.29. The van der Waals surface area contributed by atoms with Crippen LogP contribution in [0.15, 0.2) is 42.0 Å². The summed E-state index contributed by atoms with van der Waals surface area (Å²) in [5.74, 6) is -0.861. The Hall–Kier alpha value is -2.92. The van der Waals surface area contributed by atoms with Gasteiger partial charge in [-0.05, 0) is 17.7 Å². The van der Waals surface area contributed by atoms with Crippen LogP contribution in [0.5, 0.6) is 5.75 Å². The first kappa shape index (κ1) is 19.8. The third-order valence-electron chi connectivity index (χ3n) is 3.64. The number of aliphatic hydroxyl groups excluding tert-OH is 1. The largest absolute Gasteiger partial charge is 0.573 e. The first-order chi connectivity index (χ1) is 13.2. The molecule has 0 saturated carbocycles. The predicted molar refractivity (Wildman–Crippen MR) is 94.7 cm³/mol. The van der Waals surface area contributed by atoms with Crippen molar-refractivity contribution in [3.8, 4) is 16.3 Å². The second-order valence-corrected chi connectivity index (χ2v) is 6.64. The fourth-order valence-corrected chi connectivity index (χ4v) is 3.11. The first-order valence-electron chi connectivity index (χ1n) is 7.98. The van der Waals surface area contributed by atoms with Gasteiger partial charge in [-0.2, -0.15) is 5.10 Å². The van der Waals surface area contributed by atoms with E-state index in [9.17, 15) is 23.1 Å². The molecule has 1 unspecified atom stereocenters. The molecule has 3 aromatic rings. The molecule has 2 aromatic heterocycles. The smallest absolute Gasteiger partial charge is 0.406 e. The second-order valence-electron chi connectivity index (χ2n) is 5.78. The number of ether oxygens (including phenoxy) is 1. The Morgan fingerprint density at radius 3 is 2.68 bits per heavy atom. The summed E-state index contributed by atoms with van der Waals surface area (Å²) in [7, 11) is 1.77. The average molecular weight is 412 g/mol. The van der Waals surface area contributed by atoms with Crippen molar-refractivity contribution in [3.05, 3.63) is 53.3 Å². The van der Waals surface area contributed by atoms with Gasteiger partial charge in [0.25, 0.3) is 5.91 Å². The SMILES string of the molecule is Cn1cc(-c2nc(C(=O)NCC(O)c3ccc(OC(F)(F)F)cc3)cs2)cn1. The zero-order valence-electron chi connectivity index (χ0n) is 14.5. The van der Waals surface area contributed by atoms with Gasteiger partial charge in [-0.25, -0.2) is 4.98 Å². The number of rotatable bonds is 6. The third-order valence-corrected chi connectivity index (χ3v) is 4.53. The molecule has 0 aliphatic heterocycles. The van der Waals surface area contributed by atoms with Crippen LogP contribution >= 0.6 is 11.3 Å². The fourth-order valence-electron chi connectivity index (χ4n) is 2.33. The number of carbonyl (C=O) groups excluding carboxylic acids is 1. The predicted octanol–water partition coefficient (Wildman–Crippen LogP) is 2.91. The maximum absolute atomic E-state index is 12.2. The van der Waals surface area contributed by atoms with Gasteiger partial charge >= 0.3 is 6.36 Å². The monoisotopic (exact) mass is 412 g/mol. The topological polar surface area (TPSA) is 89.3 Å². The Morgan fingerprint density at radius 2 is 2.07 bits per heavy atom. The van der Waals surface area contributed by atoms with Crippen molar-refractivity contribution in [1.29, 1.82) is 0 Å². The molecule has 0 spiro atoms. The molecular formula is C17H15F3N4O3S. The quantitative estimate of drug-likeness (QED) is 0.650. The lowest BCUT2D eigenvalue weighted by molar-refractivity contribution is -0.274. The van der Waals surface area contributed by atoms with E-state index in [1.807, 2.05) is 0 Å². The number of nitrogens with one attached hydrogen (secondary N) is 1. The summed E-state index contributed by atoms with van der Waals surface area (Å²) in [4.78, 5) is 16.4. The standard InChI is InChI=1S/C17H15F3N4O3S/c1-24-8-11(6-22-24)16-23-13(9-28-16)15(26)21-7-14(25)10-2-4-12(5-3-10)27-17(18,19)20/h2-6,8-9,14,25H,7H2,1H3,(H,21,26). The highest BCUT2D eigenvalue weighted by Crippen LogP contribution is 2.25.